The van der Waals surface area contributed by atoms with E-state index in [1.807, 2.05) is 0 Å². The standard InChI is InChI=1S/C14H19FN2O3/c1-19-8-11(16)14(18)17-12-3-2-6-20-13-5-4-9(15)7-10(12)13/h4-5,7,11-12H,2-3,6,8,16H2,1H3,(H,17,18). The fourth-order valence-electron chi connectivity index (χ4n) is 2.23. The Morgan fingerprint density at radius 1 is 1.65 bits per heavy atom. The van der Waals surface area contributed by atoms with Gasteiger partial charge in [-0.15, -0.1) is 0 Å². The van der Waals surface area contributed by atoms with Crippen LogP contribution in [0.1, 0.15) is 24.4 Å². The molecule has 0 spiro atoms. The van der Waals surface area contributed by atoms with Crippen LogP contribution >= 0.6 is 0 Å². The number of methoxy groups -OCH3 is 1. The lowest BCUT2D eigenvalue weighted by molar-refractivity contribution is -0.124. The second-order valence-electron chi connectivity index (χ2n) is 4.80. The highest BCUT2D eigenvalue weighted by Gasteiger charge is 2.24. The van der Waals surface area contributed by atoms with Crippen molar-refractivity contribution in [2.75, 3.05) is 20.3 Å². The Morgan fingerprint density at radius 3 is 3.20 bits per heavy atom. The molecule has 2 atom stereocenters. The summed E-state index contributed by atoms with van der Waals surface area (Å²) in [6.45, 7) is 0.695. The van der Waals surface area contributed by atoms with Crippen LogP contribution in [0, 0.1) is 5.82 Å². The van der Waals surface area contributed by atoms with Crippen molar-refractivity contribution in [3.05, 3.63) is 29.6 Å². The quantitative estimate of drug-likeness (QED) is 0.868. The normalized spacial score (nSPS) is 19.4. The molecular weight excluding hydrogens is 263 g/mol. The maximum atomic E-state index is 13.4. The molecule has 5 nitrogen and oxygen atoms in total. The highest BCUT2D eigenvalue weighted by Crippen LogP contribution is 2.32. The SMILES string of the molecule is COCC(N)C(=O)NC1CCCOc2ccc(F)cc21. The predicted octanol–water partition coefficient (Wildman–Crippen LogP) is 1.13. The summed E-state index contributed by atoms with van der Waals surface area (Å²) in [5.41, 5.74) is 6.34. The van der Waals surface area contributed by atoms with Crippen LogP contribution in [0.5, 0.6) is 5.75 Å². The number of carbonyl (C=O) groups excluding carboxylic acids is 1. The Balaban J connectivity index is 2.16. The lowest BCUT2D eigenvalue weighted by atomic mass is 10.0. The zero-order chi connectivity index (χ0) is 14.5. The Morgan fingerprint density at radius 2 is 2.45 bits per heavy atom. The van der Waals surface area contributed by atoms with Gasteiger partial charge in [0, 0.05) is 12.7 Å². The molecule has 1 amide bonds. The average molecular weight is 282 g/mol. The van der Waals surface area contributed by atoms with Gasteiger partial charge in [0.25, 0.3) is 0 Å². The van der Waals surface area contributed by atoms with Crippen molar-refractivity contribution in [2.24, 2.45) is 5.73 Å². The molecule has 0 saturated heterocycles. The van der Waals surface area contributed by atoms with E-state index < -0.39 is 6.04 Å². The van der Waals surface area contributed by atoms with Crippen molar-refractivity contribution in [1.29, 1.82) is 0 Å². The number of hydrogen-bond donors (Lipinski definition) is 2. The number of nitrogens with one attached hydrogen (secondary N) is 1. The molecular formula is C14H19FN2O3. The van der Waals surface area contributed by atoms with Crippen molar-refractivity contribution in [1.82, 2.24) is 5.32 Å². The van der Waals surface area contributed by atoms with Gasteiger partial charge in [-0.3, -0.25) is 4.79 Å². The minimum Gasteiger partial charge on any atom is -0.493 e. The number of hydrogen-bond acceptors (Lipinski definition) is 4. The molecule has 0 radical (unpaired) electrons. The largest absolute Gasteiger partial charge is 0.493 e. The maximum absolute atomic E-state index is 13.4. The van der Waals surface area contributed by atoms with Crippen LogP contribution in [0.2, 0.25) is 0 Å². The van der Waals surface area contributed by atoms with Crippen LogP contribution < -0.4 is 15.8 Å². The number of ether oxygens (including phenoxy) is 2. The van der Waals surface area contributed by atoms with E-state index in [-0.39, 0.29) is 24.4 Å². The van der Waals surface area contributed by atoms with Crippen molar-refractivity contribution >= 4 is 5.91 Å². The van der Waals surface area contributed by atoms with E-state index in [4.69, 9.17) is 15.2 Å². The Bertz CT molecular complexity index is 481. The van der Waals surface area contributed by atoms with Gasteiger partial charge in [-0.1, -0.05) is 0 Å². The molecule has 0 aromatic heterocycles. The van der Waals surface area contributed by atoms with E-state index >= 15 is 0 Å². The first-order chi connectivity index (χ1) is 9.61. The summed E-state index contributed by atoms with van der Waals surface area (Å²) >= 11 is 0. The van der Waals surface area contributed by atoms with Gasteiger partial charge in [-0.05, 0) is 31.0 Å². The van der Waals surface area contributed by atoms with E-state index in [9.17, 15) is 9.18 Å². The topological polar surface area (TPSA) is 73.6 Å². The second kappa shape index (κ2) is 6.67. The summed E-state index contributed by atoms with van der Waals surface area (Å²) in [7, 11) is 1.48. The fraction of sp³-hybridized carbons (Fsp3) is 0.500. The van der Waals surface area contributed by atoms with Crippen LogP contribution in [0.25, 0.3) is 0 Å². The molecule has 1 aromatic rings. The van der Waals surface area contributed by atoms with E-state index in [1.54, 1.807) is 6.07 Å². The number of nitrogens with two attached hydrogens (primary N) is 1. The first-order valence-corrected chi connectivity index (χ1v) is 6.59. The smallest absolute Gasteiger partial charge is 0.239 e. The lowest BCUT2D eigenvalue weighted by Gasteiger charge is -2.20. The Kier molecular flexibility index (Phi) is 4.92. The molecule has 20 heavy (non-hydrogen) atoms. The average Bonchev–Trinajstić information content (AvgIpc) is 2.61. The molecule has 2 unspecified atom stereocenters. The van der Waals surface area contributed by atoms with Crippen LogP contribution in [0.4, 0.5) is 4.39 Å². The van der Waals surface area contributed by atoms with Crippen LogP contribution in [0.3, 0.4) is 0 Å². The molecule has 0 saturated carbocycles. The maximum Gasteiger partial charge on any atom is 0.239 e. The molecule has 1 aliphatic rings. The third-order valence-electron chi connectivity index (χ3n) is 3.24. The van der Waals surface area contributed by atoms with Crippen molar-refractivity contribution in [3.8, 4) is 5.75 Å². The Labute approximate surface area is 117 Å². The van der Waals surface area contributed by atoms with E-state index in [1.165, 1.54) is 19.2 Å². The van der Waals surface area contributed by atoms with Gasteiger partial charge >= 0.3 is 0 Å². The van der Waals surface area contributed by atoms with Crippen LogP contribution in [-0.2, 0) is 9.53 Å². The molecule has 1 heterocycles. The van der Waals surface area contributed by atoms with E-state index in [0.717, 1.165) is 6.42 Å². The van der Waals surface area contributed by atoms with Gasteiger partial charge in [-0.25, -0.2) is 4.39 Å². The number of rotatable bonds is 4. The number of halogens is 1. The highest BCUT2D eigenvalue weighted by atomic mass is 19.1. The van der Waals surface area contributed by atoms with Crippen molar-refractivity contribution in [3.63, 3.8) is 0 Å². The van der Waals surface area contributed by atoms with Gasteiger partial charge in [0.1, 0.15) is 17.6 Å². The monoisotopic (exact) mass is 282 g/mol. The van der Waals surface area contributed by atoms with Crippen LogP contribution in [0.15, 0.2) is 18.2 Å². The zero-order valence-electron chi connectivity index (χ0n) is 11.4. The Hall–Kier alpha value is -1.66. The van der Waals surface area contributed by atoms with Crippen LogP contribution in [-0.4, -0.2) is 32.3 Å². The summed E-state index contributed by atoms with van der Waals surface area (Å²) in [6, 6.07) is 3.30. The lowest BCUT2D eigenvalue weighted by Crippen LogP contribution is -2.44. The third kappa shape index (κ3) is 3.46. The molecule has 0 aliphatic carbocycles. The molecule has 1 aromatic carbocycles. The summed E-state index contributed by atoms with van der Waals surface area (Å²) in [5.74, 6) is -0.0573. The summed E-state index contributed by atoms with van der Waals surface area (Å²) in [5, 5.41) is 2.84. The first-order valence-electron chi connectivity index (χ1n) is 6.59. The first kappa shape index (κ1) is 14.7. The third-order valence-corrected chi connectivity index (χ3v) is 3.24. The van der Waals surface area contributed by atoms with E-state index in [2.05, 4.69) is 5.32 Å². The number of amides is 1. The molecule has 110 valence electrons. The zero-order valence-corrected chi connectivity index (χ0v) is 11.4. The molecule has 0 fully saturated rings. The summed E-state index contributed by atoms with van der Waals surface area (Å²) in [4.78, 5) is 12.0. The van der Waals surface area contributed by atoms with Gasteiger partial charge < -0.3 is 20.5 Å². The number of carbonyl (C=O) groups is 1. The molecule has 1 aliphatic heterocycles. The van der Waals surface area contributed by atoms with Gasteiger partial charge in [-0.2, -0.15) is 0 Å². The molecule has 0 bridgehead atoms. The summed E-state index contributed by atoms with van der Waals surface area (Å²) < 4.78 is 23.8. The minimum atomic E-state index is -0.735. The van der Waals surface area contributed by atoms with Crippen molar-refractivity contribution in [2.45, 2.75) is 24.9 Å². The van der Waals surface area contributed by atoms with Gasteiger partial charge in [0.15, 0.2) is 0 Å². The number of benzene rings is 1. The molecule has 2 rings (SSSR count). The highest BCUT2D eigenvalue weighted by molar-refractivity contribution is 5.82. The number of fused-ring (bicyclic) bond motifs is 1. The fourth-order valence-corrected chi connectivity index (χ4v) is 2.23. The second-order valence-corrected chi connectivity index (χ2v) is 4.80. The molecule has 6 heteroatoms. The summed E-state index contributed by atoms with van der Waals surface area (Å²) in [6.07, 6.45) is 1.46. The van der Waals surface area contributed by atoms with Crippen molar-refractivity contribution < 1.29 is 18.7 Å². The van der Waals surface area contributed by atoms with Gasteiger partial charge in [0.05, 0.1) is 19.3 Å². The van der Waals surface area contributed by atoms with E-state index in [0.29, 0.717) is 24.3 Å². The molecule has 3 N–H and O–H groups in total. The predicted molar refractivity (Wildman–Crippen MR) is 71.9 cm³/mol. The van der Waals surface area contributed by atoms with Gasteiger partial charge in [0.2, 0.25) is 5.91 Å². The minimum absolute atomic E-state index is 0.144.